The van der Waals surface area contributed by atoms with E-state index in [1.54, 1.807) is 9.80 Å². The van der Waals surface area contributed by atoms with Crippen molar-refractivity contribution in [1.29, 1.82) is 0 Å². The fourth-order valence-corrected chi connectivity index (χ4v) is 6.27. The van der Waals surface area contributed by atoms with Crippen LogP contribution in [-0.2, 0) is 25.7 Å². The number of carbonyl (C=O) groups is 2. The highest BCUT2D eigenvalue weighted by molar-refractivity contribution is 6.04. The Bertz CT molecular complexity index is 1530. The molecule has 1 heterocycles. The van der Waals surface area contributed by atoms with Crippen molar-refractivity contribution in [3.8, 4) is 22.6 Å². The van der Waals surface area contributed by atoms with Crippen molar-refractivity contribution in [2.24, 2.45) is 0 Å². The Hall–Kier alpha value is -4.58. The lowest BCUT2D eigenvalue weighted by molar-refractivity contribution is 0.202. The normalized spacial score (nSPS) is 12.3. The fraction of sp³-hybridized carbons (Fsp3) is 0.333. The number of hydrogen-bond acceptors (Lipinski definition) is 4. The summed E-state index contributed by atoms with van der Waals surface area (Å²) in [7, 11) is 0. The summed E-state index contributed by atoms with van der Waals surface area (Å²) in [6.45, 7) is 8.49. The number of hydrogen-bond donors (Lipinski definition) is 0. The fourth-order valence-electron chi connectivity index (χ4n) is 6.27. The Morgan fingerprint density at radius 1 is 0.533 bits per heavy atom. The highest BCUT2D eigenvalue weighted by Gasteiger charge is 2.33. The summed E-state index contributed by atoms with van der Waals surface area (Å²) in [6, 6.07) is 27.3. The van der Waals surface area contributed by atoms with Gasteiger partial charge in [0.05, 0.1) is 11.4 Å². The van der Waals surface area contributed by atoms with E-state index in [9.17, 15) is 9.59 Å². The first-order valence-corrected chi connectivity index (χ1v) is 16.4. The molecule has 0 atom stereocenters. The van der Waals surface area contributed by atoms with Crippen molar-refractivity contribution in [3.05, 3.63) is 107 Å². The number of ether oxygens (including phenoxy) is 2. The zero-order valence-corrected chi connectivity index (χ0v) is 27.0. The number of aryl methyl sites for hydroxylation is 2. The second-order valence-corrected chi connectivity index (χ2v) is 11.6. The molecule has 6 nitrogen and oxygen atoms in total. The molecule has 1 aliphatic heterocycles. The van der Waals surface area contributed by atoms with Crippen molar-refractivity contribution in [3.63, 3.8) is 0 Å². The molecular formula is C39H44N2O4. The summed E-state index contributed by atoms with van der Waals surface area (Å²) in [5, 5.41) is 0. The van der Waals surface area contributed by atoms with Crippen molar-refractivity contribution in [2.45, 2.75) is 79.1 Å². The van der Waals surface area contributed by atoms with Crippen LogP contribution in [0.3, 0.4) is 0 Å². The second kappa shape index (κ2) is 14.9. The summed E-state index contributed by atoms with van der Waals surface area (Å²) in [5.41, 5.74) is 7.54. The van der Waals surface area contributed by atoms with Gasteiger partial charge >= 0.3 is 12.2 Å². The largest absolute Gasteiger partial charge is 0.421 e. The van der Waals surface area contributed by atoms with E-state index in [1.807, 2.05) is 72.8 Å². The third-order valence-corrected chi connectivity index (χ3v) is 8.30. The monoisotopic (exact) mass is 604 g/mol. The number of amides is 2. The van der Waals surface area contributed by atoms with Gasteiger partial charge < -0.3 is 9.47 Å². The highest BCUT2D eigenvalue weighted by atomic mass is 16.6. The Kier molecular flexibility index (Phi) is 10.6. The van der Waals surface area contributed by atoms with E-state index in [4.69, 9.17) is 9.47 Å². The van der Waals surface area contributed by atoms with Gasteiger partial charge in [-0.1, -0.05) is 114 Å². The molecule has 4 aromatic carbocycles. The molecular weight excluding hydrogens is 560 g/mol. The molecule has 1 aliphatic rings. The average Bonchev–Trinajstić information content (AvgIpc) is 3.19. The summed E-state index contributed by atoms with van der Waals surface area (Å²) >= 11 is 0. The molecule has 0 N–H and O–H groups in total. The van der Waals surface area contributed by atoms with Gasteiger partial charge in [0.1, 0.15) is 18.2 Å². The SMILES string of the molecule is CCCc1cccc(OC(=O)N2CN(C(=O)Oc3cccc(CCC)c3CCC)c3ccccc3-c3ccccc32)c1CCC. The van der Waals surface area contributed by atoms with Crippen LogP contribution in [-0.4, -0.2) is 18.9 Å². The van der Waals surface area contributed by atoms with Gasteiger partial charge in [0.2, 0.25) is 0 Å². The number of carbonyl (C=O) groups excluding carboxylic acids is 2. The maximum absolute atomic E-state index is 14.2. The average molecular weight is 605 g/mol. The number of benzene rings is 4. The number of nitrogens with zero attached hydrogens (tertiary/aromatic N) is 2. The van der Waals surface area contributed by atoms with Crippen LogP contribution >= 0.6 is 0 Å². The molecule has 0 aliphatic carbocycles. The quantitative estimate of drug-likeness (QED) is 0.181. The number of rotatable bonds is 10. The third kappa shape index (κ3) is 6.90. The predicted molar refractivity (Wildman–Crippen MR) is 183 cm³/mol. The zero-order chi connectivity index (χ0) is 31.8. The zero-order valence-electron chi connectivity index (χ0n) is 27.0. The van der Waals surface area contributed by atoms with E-state index >= 15 is 0 Å². The van der Waals surface area contributed by atoms with E-state index in [1.165, 1.54) is 11.1 Å². The third-order valence-electron chi connectivity index (χ3n) is 8.30. The number of para-hydroxylation sites is 2. The Morgan fingerprint density at radius 3 is 1.33 bits per heavy atom. The van der Waals surface area contributed by atoms with Crippen LogP contribution < -0.4 is 19.3 Å². The molecule has 0 unspecified atom stereocenters. The Morgan fingerprint density at radius 2 is 0.933 bits per heavy atom. The van der Waals surface area contributed by atoms with Crippen LogP contribution in [0.1, 0.15) is 75.6 Å². The lowest BCUT2D eigenvalue weighted by Gasteiger charge is -2.28. The first kappa shape index (κ1) is 31.8. The molecule has 0 saturated carbocycles. The van der Waals surface area contributed by atoms with E-state index in [0.717, 1.165) is 73.6 Å². The Balaban J connectivity index is 1.54. The summed E-state index contributed by atoms with van der Waals surface area (Å²) in [6.07, 6.45) is 6.26. The smallest absolute Gasteiger partial charge is 0.410 e. The van der Waals surface area contributed by atoms with Gasteiger partial charge in [-0.3, -0.25) is 9.80 Å². The van der Waals surface area contributed by atoms with Crippen LogP contribution in [0.25, 0.3) is 11.1 Å². The standard InChI is InChI=1S/C39H44N2O4/c1-5-15-28-19-13-25-36(30(28)17-7-3)44-38(42)40-27-41(35-24-12-10-22-33(35)32-21-9-11-23-34(32)40)39(43)45-37-26-14-20-29(16-6-2)31(37)18-8-4/h9-14,19-26H,5-8,15-18,27H2,1-4H3. The molecule has 0 aromatic heterocycles. The van der Waals surface area contributed by atoms with Crippen LogP contribution in [0.15, 0.2) is 84.9 Å². The van der Waals surface area contributed by atoms with Gasteiger partial charge in [-0.25, -0.2) is 9.59 Å². The number of fused-ring (bicyclic) bond motifs is 3. The van der Waals surface area contributed by atoms with Crippen LogP contribution in [0.2, 0.25) is 0 Å². The summed E-state index contributed by atoms with van der Waals surface area (Å²) in [4.78, 5) is 31.4. The van der Waals surface area contributed by atoms with Crippen molar-refractivity contribution < 1.29 is 19.1 Å². The minimum Gasteiger partial charge on any atom is -0.410 e. The van der Waals surface area contributed by atoms with Crippen LogP contribution in [0.5, 0.6) is 11.5 Å². The summed E-state index contributed by atoms with van der Waals surface area (Å²) in [5.74, 6) is 1.14. The van der Waals surface area contributed by atoms with Gasteiger partial charge in [0.15, 0.2) is 0 Å². The molecule has 45 heavy (non-hydrogen) atoms. The molecule has 0 spiro atoms. The molecule has 0 radical (unpaired) electrons. The molecule has 234 valence electrons. The van der Waals surface area contributed by atoms with Crippen LogP contribution in [0.4, 0.5) is 21.0 Å². The van der Waals surface area contributed by atoms with Crippen molar-refractivity contribution in [1.82, 2.24) is 0 Å². The maximum atomic E-state index is 14.2. The van der Waals surface area contributed by atoms with Crippen LogP contribution in [0, 0.1) is 0 Å². The van der Waals surface area contributed by atoms with Gasteiger partial charge in [0, 0.05) is 11.1 Å². The molecule has 0 bridgehead atoms. The minimum atomic E-state index is -0.546. The highest BCUT2D eigenvalue weighted by Crippen LogP contribution is 2.41. The molecule has 6 heteroatoms. The lowest BCUT2D eigenvalue weighted by Crippen LogP contribution is -2.46. The van der Waals surface area contributed by atoms with E-state index < -0.39 is 12.2 Å². The minimum absolute atomic E-state index is 0.0682. The molecule has 2 amide bonds. The van der Waals surface area contributed by atoms with Gasteiger partial charge in [-0.05, 0) is 72.2 Å². The van der Waals surface area contributed by atoms with E-state index in [2.05, 4.69) is 39.8 Å². The number of anilines is 2. The maximum Gasteiger partial charge on any atom is 0.421 e. The Labute approximate surface area is 267 Å². The van der Waals surface area contributed by atoms with Crippen molar-refractivity contribution >= 4 is 23.6 Å². The summed E-state index contributed by atoms with van der Waals surface area (Å²) < 4.78 is 12.4. The van der Waals surface area contributed by atoms with Gasteiger partial charge in [-0.15, -0.1) is 0 Å². The molecule has 0 fully saturated rings. The topological polar surface area (TPSA) is 59.1 Å². The second-order valence-electron chi connectivity index (χ2n) is 11.6. The van der Waals surface area contributed by atoms with Gasteiger partial charge in [0.25, 0.3) is 0 Å². The lowest BCUT2D eigenvalue weighted by atomic mass is 9.98. The predicted octanol–water partition coefficient (Wildman–Crippen LogP) is 10.1. The first-order chi connectivity index (χ1) is 22.0. The van der Waals surface area contributed by atoms with E-state index in [0.29, 0.717) is 22.9 Å². The molecule has 0 saturated heterocycles. The van der Waals surface area contributed by atoms with E-state index in [-0.39, 0.29) is 6.67 Å². The first-order valence-electron chi connectivity index (χ1n) is 16.4. The van der Waals surface area contributed by atoms with Gasteiger partial charge in [-0.2, -0.15) is 0 Å². The van der Waals surface area contributed by atoms with Crippen molar-refractivity contribution in [2.75, 3.05) is 16.5 Å². The molecule has 5 rings (SSSR count). The molecule has 4 aromatic rings.